The number of likely N-dealkylation sites (tertiary alicyclic amines) is 1. The third kappa shape index (κ3) is 3.94. The van der Waals surface area contributed by atoms with Gasteiger partial charge in [0.15, 0.2) is 0 Å². The Labute approximate surface area is 155 Å². The number of benzene rings is 1. The number of halogens is 1. The highest BCUT2D eigenvalue weighted by Gasteiger charge is 2.25. The smallest absolute Gasteiger partial charge is 0.321 e. The third-order valence-corrected chi connectivity index (χ3v) is 4.67. The minimum atomic E-state index is -0.373. The predicted molar refractivity (Wildman–Crippen MR) is 98.5 cm³/mol. The van der Waals surface area contributed by atoms with Crippen LogP contribution in [0.3, 0.4) is 0 Å². The average Bonchev–Trinajstić information content (AvgIpc) is 3.19. The number of piperidine rings is 1. The van der Waals surface area contributed by atoms with Gasteiger partial charge in [0.2, 0.25) is 0 Å². The van der Waals surface area contributed by atoms with Crippen LogP contribution < -0.4 is 5.32 Å². The molecule has 2 amide bonds. The number of urea groups is 1. The van der Waals surface area contributed by atoms with Crippen LogP contribution in [0.2, 0.25) is 0 Å². The number of hydrogen-bond acceptors (Lipinski definition) is 4. The van der Waals surface area contributed by atoms with Crippen molar-refractivity contribution in [1.29, 1.82) is 0 Å². The van der Waals surface area contributed by atoms with Crippen LogP contribution in [-0.4, -0.2) is 44.0 Å². The molecule has 8 heteroatoms. The first kappa shape index (κ1) is 17.1. The van der Waals surface area contributed by atoms with E-state index in [0.717, 1.165) is 24.1 Å². The van der Waals surface area contributed by atoms with Crippen LogP contribution in [0, 0.1) is 5.82 Å². The number of hydrogen-bond donors (Lipinski definition) is 1. The van der Waals surface area contributed by atoms with Crippen molar-refractivity contribution in [3.8, 4) is 11.3 Å². The number of anilines is 1. The number of nitrogens with zero attached hydrogens (tertiary/aromatic N) is 5. The lowest BCUT2D eigenvalue weighted by Gasteiger charge is -2.31. The van der Waals surface area contributed by atoms with E-state index in [0.29, 0.717) is 18.8 Å². The molecular weight excluding hydrogens is 347 g/mol. The molecule has 1 aliphatic rings. The summed E-state index contributed by atoms with van der Waals surface area (Å²) >= 11 is 0. The summed E-state index contributed by atoms with van der Waals surface area (Å²) in [5.41, 5.74) is 2.17. The van der Waals surface area contributed by atoms with E-state index in [1.54, 1.807) is 29.4 Å². The fourth-order valence-electron chi connectivity index (χ4n) is 3.20. The second-order valence-electron chi connectivity index (χ2n) is 6.48. The Morgan fingerprint density at radius 3 is 2.78 bits per heavy atom. The molecule has 0 atom stereocenters. The van der Waals surface area contributed by atoms with Crippen molar-refractivity contribution in [3.05, 3.63) is 60.8 Å². The van der Waals surface area contributed by atoms with Gasteiger partial charge in [-0.05, 0) is 43.2 Å². The van der Waals surface area contributed by atoms with E-state index in [1.807, 2.05) is 23.0 Å². The molecule has 0 unspecified atom stereocenters. The zero-order valence-corrected chi connectivity index (χ0v) is 14.6. The summed E-state index contributed by atoms with van der Waals surface area (Å²) in [6.07, 6.45) is 6.97. The Balaban J connectivity index is 1.35. The average molecular weight is 366 g/mol. The maximum atomic E-state index is 13.2. The van der Waals surface area contributed by atoms with Gasteiger partial charge in [-0.15, -0.1) is 5.10 Å². The van der Waals surface area contributed by atoms with Crippen molar-refractivity contribution in [2.24, 2.45) is 0 Å². The Morgan fingerprint density at radius 1 is 1.19 bits per heavy atom. The van der Waals surface area contributed by atoms with Crippen molar-refractivity contribution in [2.75, 3.05) is 18.4 Å². The number of carbonyl (C=O) groups is 1. The third-order valence-electron chi connectivity index (χ3n) is 4.67. The van der Waals surface area contributed by atoms with Gasteiger partial charge in [-0.25, -0.2) is 13.9 Å². The second kappa shape index (κ2) is 7.53. The molecule has 138 valence electrons. The van der Waals surface area contributed by atoms with Crippen molar-refractivity contribution < 1.29 is 9.18 Å². The molecule has 4 rings (SSSR count). The molecule has 2 aromatic heterocycles. The maximum absolute atomic E-state index is 13.2. The van der Waals surface area contributed by atoms with Crippen molar-refractivity contribution >= 4 is 11.7 Å². The molecular formula is C19H19FN6O. The summed E-state index contributed by atoms with van der Waals surface area (Å²) in [5, 5.41) is 11.2. The Morgan fingerprint density at radius 2 is 2.04 bits per heavy atom. The quantitative estimate of drug-likeness (QED) is 0.771. The fraction of sp³-hybridized carbons (Fsp3) is 0.263. The Bertz CT molecular complexity index is 921. The minimum absolute atomic E-state index is 0.196. The first-order valence-corrected chi connectivity index (χ1v) is 8.83. The molecule has 0 bridgehead atoms. The lowest BCUT2D eigenvalue weighted by molar-refractivity contribution is 0.179. The van der Waals surface area contributed by atoms with E-state index >= 15 is 0 Å². The van der Waals surface area contributed by atoms with Gasteiger partial charge in [-0.2, -0.15) is 0 Å². The fourth-order valence-corrected chi connectivity index (χ4v) is 3.20. The van der Waals surface area contributed by atoms with Gasteiger partial charge in [-0.3, -0.25) is 4.98 Å². The Hall–Kier alpha value is -3.29. The number of nitrogens with one attached hydrogen (secondary N) is 1. The normalized spacial score (nSPS) is 14.9. The molecule has 27 heavy (non-hydrogen) atoms. The molecule has 7 nitrogen and oxygen atoms in total. The van der Waals surface area contributed by atoms with Gasteiger partial charge in [0.1, 0.15) is 11.5 Å². The van der Waals surface area contributed by atoms with Gasteiger partial charge < -0.3 is 10.2 Å². The highest BCUT2D eigenvalue weighted by atomic mass is 19.1. The lowest BCUT2D eigenvalue weighted by atomic mass is 10.1. The second-order valence-corrected chi connectivity index (χ2v) is 6.48. The number of carbonyl (C=O) groups excluding carboxylic acids is 1. The predicted octanol–water partition coefficient (Wildman–Crippen LogP) is 3.35. The molecule has 0 radical (unpaired) electrons. The van der Waals surface area contributed by atoms with Gasteiger partial charge in [0.25, 0.3) is 0 Å². The van der Waals surface area contributed by atoms with Crippen molar-refractivity contribution in [1.82, 2.24) is 24.9 Å². The van der Waals surface area contributed by atoms with E-state index in [2.05, 4.69) is 20.6 Å². The van der Waals surface area contributed by atoms with E-state index in [9.17, 15) is 9.18 Å². The van der Waals surface area contributed by atoms with Gasteiger partial charge in [-0.1, -0.05) is 11.3 Å². The SMILES string of the molecule is O=C(Nc1cccc(F)c1)N1CCC(n2cc(-c3cccnc3)nn2)CC1. The minimum Gasteiger partial charge on any atom is -0.324 e. The van der Waals surface area contributed by atoms with Gasteiger partial charge >= 0.3 is 6.03 Å². The summed E-state index contributed by atoms with van der Waals surface area (Å²) in [5.74, 6) is -0.373. The van der Waals surface area contributed by atoms with Crippen LogP contribution in [0.15, 0.2) is 55.0 Å². The van der Waals surface area contributed by atoms with E-state index < -0.39 is 0 Å². The lowest BCUT2D eigenvalue weighted by Crippen LogP contribution is -2.41. The van der Waals surface area contributed by atoms with Crippen molar-refractivity contribution in [3.63, 3.8) is 0 Å². The molecule has 3 aromatic rings. The Kier molecular flexibility index (Phi) is 4.78. The number of amides is 2. The monoisotopic (exact) mass is 366 g/mol. The van der Waals surface area contributed by atoms with Crippen LogP contribution in [0.1, 0.15) is 18.9 Å². The van der Waals surface area contributed by atoms with E-state index in [-0.39, 0.29) is 17.9 Å². The van der Waals surface area contributed by atoms with Crippen LogP contribution in [0.4, 0.5) is 14.9 Å². The molecule has 1 saturated heterocycles. The molecule has 0 saturated carbocycles. The van der Waals surface area contributed by atoms with Crippen LogP contribution in [0.25, 0.3) is 11.3 Å². The first-order valence-electron chi connectivity index (χ1n) is 8.83. The molecule has 1 aliphatic heterocycles. The topological polar surface area (TPSA) is 75.9 Å². The molecule has 0 spiro atoms. The zero-order chi connectivity index (χ0) is 18.6. The van der Waals surface area contributed by atoms with Crippen LogP contribution in [-0.2, 0) is 0 Å². The van der Waals surface area contributed by atoms with Crippen LogP contribution in [0.5, 0.6) is 0 Å². The largest absolute Gasteiger partial charge is 0.324 e. The van der Waals surface area contributed by atoms with E-state index in [4.69, 9.17) is 0 Å². The number of aromatic nitrogens is 4. The zero-order valence-electron chi connectivity index (χ0n) is 14.6. The van der Waals surface area contributed by atoms with Gasteiger partial charge in [0, 0.05) is 36.7 Å². The number of pyridine rings is 1. The highest BCUT2D eigenvalue weighted by molar-refractivity contribution is 5.89. The van der Waals surface area contributed by atoms with E-state index in [1.165, 1.54) is 12.1 Å². The molecule has 0 aliphatic carbocycles. The molecule has 3 heterocycles. The summed E-state index contributed by atoms with van der Waals surface area (Å²) < 4.78 is 15.1. The molecule has 1 N–H and O–H groups in total. The number of rotatable bonds is 3. The highest BCUT2D eigenvalue weighted by Crippen LogP contribution is 2.24. The van der Waals surface area contributed by atoms with Crippen molar-refractivity contribution in [2.45, 2.75) is 18.9 Å². The maximum Gasteiger partial charge on any atom is 0.321 e. The standard InChI is InChI=1S/C19H19FN6O/c20-15-4-1-5-16(11-15)22-19(27)25-9-6-17(7-10-25)26-13-18(23-24-26)14-3-2-8-21-12-14/h1-5,8,11-13,17H,6-7,9-10H2,(H,22,27). The van der Waals surface area contributed by atoms with Gasteiger partial charge in [0.05, 0.1) is 12.2 Å². The summed E-state index contributed by atoms with van der Waals surface area (Å²) in [7, 11) is 0. The summed E-state index contributed by atoms with van der Waals surface area (Å²) in [6.45, 7) is 1.21. The summed E-state index contributed by atoms with van der Waals surface area (Å²) in [6, 6.07) is 9.68. The molecule has 1 fully saturated rings. The first-order chi connectivity index (χ1) is 13.2. The van der Waals surface area contributed by atoms with Crippen LogP contribution >= 0.6 is 0 Å². The molecule has 1 aromatic carbocycles. The summed E-state index contributed by atoms with van der Waals surface area (Å²) in [4.78, 5) is 18.2.